The first-order chi connectivity index (χ1) is 12.2. The Morgan fingerprint density at radius 1 is 1.27 bits per heavy atom. The first kappa shape index (κ1) is 18.1. The number of nitrogens with zero attached hydrogens (tertiary/aromatic N) is 4. The molecule has 0 bridgehead atoms. The van der Waals surface area contributed by atoms with E-state index in [9.17, 15) is 18.0 Å². The number of carbonyl (C=O) groups is 1. The Morgan fingerprint density at radius 3 is 2.65 bits per heavy atom. The number of nitrogens with one attached hydrogen (secondary N) is 1. The fourth-order valence-electron chi connectivity index (χ4n) is 2.33. The number of fused-ring (bicyclic) bond motifs is 1. The van der Waals surface area contributed by atoms with Gasteiger partial charge in [-0.05, 0) is 26.0 Å². The molecule has 0 aliphatic heterocycles. The van der Waals surface area contributed by atoms with Crippen LogP contribution in [0.2, 0.25) is 5.02 Å². The van der Waals surface area contributed by atoms with Gasteiger partial charge in [0, 0.05) is 23.7 Å². The molecule has 6 nitrogen and oxygen atoms in total. The van der Waals surface area contributed by atoms with E-state index in [1.807, 2.05) is 5.32 Å². The van der Waals surface area contributed by atoms with Gasteiger partial charge in [0.25, 0.3) is 5.91 Å². The first-order valence-electron chi connectivity index (χ1n) is 7.50. The zero-order valence-electron chi connectivity index (χ0n) is 13.7. The van der Waals surface area contributed by atoms with Crippen molar-refractivity contribution in [2.75, 3.05) is 0 Å². The number of pyridine rings is 1. The lowest BCUT2D eigenvalue weighted by Gasteiger charge is -2.16. The maximum absolute atomic E-state index is 12.7. The number of hydrogen-bond donors (Lipinski definition) is 1. The minimum atomic E-state index is -4.54. The molecule has 0 aromatic carbocycles. The standard InChI is InChI=1S/C16H13ClF3N5O/c1-8-3-13(10-4-11(17)6-21-5-10)24-14-12(7-22-25(8)14)15(26)23-9(2)16(18,19)20/h3-7,9H,1-2H3,(H,23,26). The molecule has 26 heavy (non-hydrogen) atoms. The van der Waals surface area contributed by atoms with Crippen LogP contribution in [-0.2, 0) is 0 Å². The average molecular weight is 384 g/mol. The summed E-state index contributed by atoms with van der Waals surface area (Å²) in [6.45, 7) is 2.61. The quantitative estimate of drug-likeness (QED) is 0.752. The largest absolute Gasteiger partial charge is 0.408 e. The van der Waals surface area contributed by atoms with Crippen LogP contribution in [0.1, 0.15) is 23.0 Å². The van der Waals surface area contributed by atoms with Gasteiger partial charge in [0.2, 0.25) is 0 Å². The minimum absolute atomic E-state index is 0.0546. The highest BCUT2D eigenvalue weighted by Crippen LogP contribution is 2.24. The Hall–Kier alpha value is -2.68. The van der Waals surface area contributed by atoms with Crippen LogP contribution in [0.15, 0.2) is 30.7 Å². The van der Waals surface area contributed by atoms with Gasteiger partial charge in [-0.15, -0.1) is 0 Å². The Balaban J connectivity index is 2.04. The lowest BCUT2D eigenvalue weighted by Crippen LogP contribution is -2.43. The summed E-state index contributed by atoms with van der Waals surface area (Å²) in [6.07, 6.45) is -0.341. The molecule has 0 saturated carbocycles. The van der Waals surface area contributed by atoms with Crippen LogP contribution in [0.4, 0.5) is 13.2 Å². The normalized spacial score (nSPS) is 13.0. The second-order valence-corrected chi connectivity index (χ2v) is 6.14. The topological polar surface area (TPSA) is 72.2 Å². The van der Waals surface area contributed by atoms with Crippen molar-refractivity contribution in [2.45, 2.75) is 26.1 Å². The van der Waals surface area contributed by atoms with Crippen molar-refractivity contribution < 1.29 is 18.0 Å². The molecule has 0 radical (unpaired) electrons. The molecular weight excluding hydrogens is 371 g/mol. The lowest BCUT2D eigenvalue weighted by molar-refractivity contribution is -0.149. The molecular formula is C16H13ClF3N5O. The minimum Gasteiger partial charge on any atom is -0.340 e. The lowest BCUT2D eigenvalue weighted by atomic mass is 10.2. The number of carbonyl (C=O) groups excluding carboxylic acids is 1. The highest BCUT2D eigenvalue weighted by atomic mass is 35.5. The molecule has 1 atom stereocenters. The summed E-state index contributed by atoms with van der Waals surface area (Å²) in [5.74, 6) is -0.905. The summed E-state index contributed by atoms with van der Waals surface area (Å²) in [6, 6.07) is 1.37. The second kappa shape index (κ2) is 6.56. The zero-order chi connectivity index (χ0) is 19.1. The summed E-state index contributed by atoms with van der Waals surface area (Å²) in [5.41, 5.74) is 1.82. The predicted molar refractivity (Wildman–Crippen MR) is 88.9 cm³/mol. The first-order valence-corrected chi connectivity index (χ1v) is 7.88. The summed E-state index contributed by atoms with van der Waals surface area (Å²) >= 11 is 5.93. The fourth-order valence-corrected chi connectivity index (χ4v) is 2.50. The SMILES string of the molecule is Cc1cc(-c2cncc(Cl)c2)nc2c(C(=O)NC(C)C(F)(F)F)cnn12. The van der Waals surface area contributed by atoms with Gasteiger partial charge in [0.05, 0.1) is 16.9 Å². The van der Waals surface area contributed by atoms with Crippen molar-refractivity contribution in [3.05, 3.63) is 47.0 Å². The van der Waals surface area contributed by atoms with Gasteiger partial charge in [0.15, 0.2) is 5.65 Å². The zero-order valence-corrected chi connectivity index (χ0v) is 14.4. The molecule has 0 fully saturated rings. The summed E-state index contributed by atoms with van der Waals surface area (Å²) < 4.78 is 39.4. The average Bonchev–Trinajstić information content (AvgIpc) is 2.98. The molecule has 3 rings (SSSR count). The molecule has 10 heteroatoms. The molecule has 136 valence electrons. The van der Waals surface area contributed by atoms with E-state index in [-0.39, 0.29) is 11.2 Å². The molecule has 3 aromatic heterocycles. The maximum atomic E-state index is 12.7. The van der Waals surface area contributed by atoms with Gasteiger partial charge in [-0.3, -0.25) is 9.78 Å². The molecule has 3 aromatic rings. The van der Waals surface area contributed by atoms with Gasteiger partial charge in [0.1, 0.15) is 11.6 Å². The number of aryl methyl sites for hydroxylation is 1. The van der Waals surface area contributed by atoms with Crippen molar-refractivity contribution in [3.8, 4) is 11.3 Å². The van der Waals surface area contributed by atoms with Crippen molar-refractivity contribution in [2.24, 2.45) is 0 Å². The van der Waals surface area contributed by atoms with Crippen molar-refractivity contribution >= 4 is 23.2 Å². The van der Waals surface area contributed by atoms with E-state index >= 15 is 0 Å². The summed E-state index contributed by atoms with van der Waals surface area (Å²) in [7, 11) is 0. The molecule has 1 unspecified atom stereocenters. The highest BCUT2D eigenvalue weighted by molar-refractivity contribution is 6.30. The third-order valence-corrected chi connectivity index (χ3v) is 3.94. The van der Waals surface area contributed by atoms with E-state index in [2.05, 4.69) is 15.1 Å². The Morgan fingerprint density at radius 2 is 2.00 bits per heavy atom. The molecule has 1 amide bonds. The van der Waals surface area contributed by atoms with Gasteiger partial charge in [-0.2, -0.15) is 18.3 Å². The smallest absolute Gasteiger partial charge is 0.340 e. The molecule has 0 aliphatic rings. The molecule has 1 N–H and O–H groups in total. The van der Waals surface area contributed by atoms with Crippen LogP contribution >= 0.6 is 11.6 Å². The monoisotopic (exact) mass is 383 g/mol. The van der Waals surface area contributed by atoms with Gasteiger partial charge in [-0.1, -0.05) is 11.6 Å². The Bertz CT molecular complexity index is 986. The van der Waals surface area contributed by atoms with Crippen LogP contribution in [0.5, 0.6) is 0 Å². The van der Waals surface area contributed by atoms with E-state index in [4.69, 9.17) is 11.6 Å². The van der Waals surface area contributed by atoms with Crippen LogP contribution in [0, 0.1) is 6.92 Å². The number of hydrogen-bond acceptors (Lipinski definition) is 4. The Kier molecular flexibility index (Phi) is 4.57. The molecule has 0 spiro atoms. The predicted octanol–water partition coefficient (Wildman–Crippen LogP) is 3.43. The van der Waals surface area contributed by atoms with Crippen molar-refractivity contribution in [3.63, 3.8) is 0 Å². The number of amides is 1. The van der Waals surface area contributed by atoms with Crippen molar-refractivity contribution in [1.82, 2.24) is 24.9 Å². The third kappa shape index (κ3) is 3.48. The van der Waals surface area contributed by atoms with Crippen LogP contribution in [-0.4, -0.2) is 37.7 Å². The molecule has 0 aliphatic carbocycles. The number of rotatable bonds is 3. The van der Waals surface area contributed by atoms with Gasteiger partial charge in [-0.25, -0.2) is 9.50 Å². The molecule has 3 heterocycles. The van der Waals surface area contributed by atoms with Gasteiger partial charge < -0.3 is 5.32 Å². The summed E-state index contributed by atoms with van der Waals surface area (Å²) in [5, 5.41) is 6.35. The number of aromatic nitrogens is 4. The van der Waals surface area contributed by atoms with E-state index in [0.29, 0.717) is 22.0 Å². The van der Waals surface area contributed by atoms with E-state index in [1.165, 1.54) is 16.9 Å². The Labute approximate surface area is 151 Å². The van der Waals surface area contributed by atoms with Crippen molar-refractivity contribution in [1.29, 1.82) is 0 Å². The fraction of sp³-hybridized carbons (Fsp3) is 0.250. The summed E-state index contributed by atoms with van der Waals surface area (Å²) in [4.78, 5) is 20.6. The van der Waals surface area contributed by atoms with E-state index < -0.39 is 18.1 Å². The van der Waals surface area contributed by atoms with Crippen LogP contribution in [0.3, 0.4) is 0 Å². The van der Waals surface area contributed by atoms with E-state index in [1.54, 1.807) is 25.3 Å². The van der Waals surface area contributed by atoms with Gasteiger partial charge >= 0.3 is 6.18 Å². The van der Waals surface area contributed by atoms with Crippen LogP contribution in [0.25, 0.3) is 16.9 Å². The third-order valence-electron chi connectivity index (χ3n) is 3.73. The highest BCUT2D eigenvalue weighted by Gasteiger charge is 2.37. The number of halogens is 4. The number of alkyl halides is 3. The maximum Gasteiger partial charge on any atom is 0.408 e. The van der Waals surface area contributed by atoms with E-state index in [0.717, 1.165) is 6.92 Å². The molecule has 0 saturated heterocycles. The van der Waals surface area contributed by atoms with Crippen LogP contribution < -0.4 is 5.32 Å². The second-order valence-electron chi connectivity index (χ2n) is 5.71.